The van der Waals surface area contributed by atoms with E-state index in [0.29, 0.717) is 24.6 Å². The summed E-state index contributed by atoms with van der Waals surface area (Å²) < 4.78 is 22.0. The molecule has 4 aromatic rings. The predicted molar refractivity (Wildman–Crippen MR) is 122 cm³/mol. The largest absolute Gasteiger partial charge is 0.380 e. The Balaban J connectivity index is 1.81. The van der Waals surface area contributed by atoms with Crippen molar-refractivity contribution in [1.82, 2.24) is 4.57 Å². The molecule has 0 radical (unpaired) electrons. The fourth-order valence-corrected chi connectivity index (χ4v) is 4.66. The molecule has 0 aliphatic rings. The molecule has 0 fully saturated rings. The summed E-state index contributed by atoms with van der Waals surface area (Å²) in [6.07, 6.45) is 0. The van der Waals surface area contributed by atoms with Crippen molar-refractivity contribution in [3.8, 4) is 0 Å². The van der Waals surface area contributed by atoms with Crippen molar-refractivity contribution in [3.05, 3.63) is 101 Å². The van der Waals surface area contributed by atoms with Gasteiger partial charge in [-0.1, -0.05) is 72.0 Å². The molecule has 31 heavy (non-hydrogen) atoms. The van der Waals surface area contributed by atoms with Crippen LogP contribution < -0.4 is 4.80 Å². The van der Waals surface area contributed by atoms with Gasteiger partial charge in [0, 0.05) is 13.2 Å². The number of amides is 1. The Labute approximate surface area is 184 Å². The first-order valence-electron chi connectivity index (χ1n) is 10.2. The molecule has 0 atom stereocenters. The summed E-state index contributed by atoms with van der Waals surface area (Å²) in [7, 11) is 0. The highest BCUT2D eigenvalue weighted by atomic mass is 32.1. The zero-order chi connectivity index (χ0) is 21.6. The molecule has 0 spiro atoms. The van der Waals surface area contributed by atoms with Crippen molar-refractivity contribution < 1.29 is 13.9 Å². The average Bonchev–Trinajstić information content (AvgIpc) is 3.11. The molecule has 0 aliphatic heterocycles. The number of benzene rings is 3. The number of carbonyl (C=O) groups is 1. The van der Waals surface area contributed by atoms with Crippen LogP contribution in [0, 0.1) is 5.82 Å². The van der Waals surface area contributed by atoms with Crippen molar-refractivity contribution in [1.29, 1.82) is 0 Å². The third-order valence-electron chi connectivity index (χ3n) is 5.03. The van der Waals surface area contributed by atoms with Crippen LogP contribution in [0.4, 0.5) is 4.39 Å². The summed E-state index contributed by atoms with van der Waals surface area (Å²) in [5, 5.41) is 0. The number of carbonyl (C=O) groups excluding carboxylic acids is 1. The quantitative estimate of drug-likeness (QED) is 0.378. The zero-order valence-corrected chi connectivity index (χ0v) is 18.0. The molecule has 1 amide bonds. The Morgan fingerprint density at radius 3 is 2.29 bits per heavy atom. The Kier molecular flexibility index (Phi) is 6.70. The summed E-state index contributed by atoms with van der Waals surface area (Å²) in [6.45, 7) is 3.56. The lowest BCUT2D eigenvalue weighted by molar-refractivity contribution is -0.118. The van der Waals surface area contributed by atoms with Gasteiger partial charge in [0.1, 0.15) is 5.82 Å². The van der Waals surface area contributed by atoms with E-state index in [4.69, 9.17) is 4.74 Å². The second-order valence-corrected chi connectivity index (χ2v) is 8.06. The number of thiazole rings is 1. The van der Waals surface area contributed by atoms with Crippen molar-refractivity contribution >= 4 is 27.5 Å². The van der Waals surface area contributed by atoms with Crippen LogP contribution in [0.2, 0.25) is 0 Å². The van der Waals surface area contributed by atoms with E-state index in [0.717, 1.165) is 21.3 Å². The number of aromatic nitrogens is 1. The fourth-order valence-electron chi connectivity index (χ4n) is 3.58. The van der Waals surface area contributed by atoms with Gasteiger partial charge >= 0.3 is 0 Å². The highest BCUT2D eigenvalue weighted by Crippen LogP contribution is 2.26. The number of fused-ring (bicyclic) bond motifs is 1. The van der Waals surface area contributed by atoms with Crippen molar-refractivity contribution in [2.45, 2.75) is 19.4 Å². The van der Waals surface area contributed by atoms with E-state index in [-0.39, 0.29) is 11.7 Å². The molecule has 4 nitrogen and oxygen atoms in total. The van der Waals surface area contributed by atoms with Crippen LogP contribution in [0.15, 0.2) is 83.9 Å². The first-order chi connectivity index (χ1) is 15.2. The zero-order valence-electron chi connectivity index (χ0n) is 17.2. The maximum atomic E-state index is 13.8. The second kappa shape index (κ2) is 9.81. The Hall–Kier alpha value is -3.09. The monoisotopic (exact) mass is 434 g/mol. The minimum Gasteiger partial charge on any atom is -0.380 e. The van der Waals surface area contributed by atoms with Gasteiger partial charge in [0.25, 0.3) is 5.91 Å². The fraction of sp³-hybridized carbons (Fsp3) is 0.200. The van der Waals surface area contributed by atoms with Crippen LogP contribution in [-0.2, 0) is 16.1 Å². The number of rotatable bonds is 7. The van der Waals surface area contributed by atoms with E-state index in [1.165, 1.54) is 23.5 Å². The van der Waals surface area contributed by atoms with E-state index in [1.54, 1.807) is 6.07 Å². The standard InChI is InChI=1S/C25H23FN2O2S/c1-2-30-16-15-28-21-14-13-20(26)17-22(21)31-25(28)27-24(29)23(18-9-5-3-6-10-18)19-11-7-4-8-12-19/h3-14,17,23H,2,15-16H2,1H3. The molecular weight excluding hydrogens is 411 g/mol. The van der Waals surface area contributed by atoms with E-state index >= 15 is 0 Å². The number of halogens is 1. The number of hydrogen-bond donors (Lipinski definition) is 0. The molecule has 0 saturated carbocycles. The van der Waals surface area contributed by atoms with Crippen LogP contribution in [0.25, 0.3) is 10.2 Å². The summed E-state index contributed by atoms with van der Waals surface area (Å²) in [4.78, 5) is 18.5. The topological polar surface area (TPSA) is 43.6 Å². The molecule has 158 valence electrons. The lowest BCUT2D eigenvalue weighted by atomic mass is 9.91. The molecule has 6 heteroatoms. The number of nitrogens with zero attached hydrogens (tertiary/aromatic N) is 2. The van der Waals surface area contributed by atoms with E-state index < -0.39 is 5.92 Å². The first kappa shape index (κ1) is 21.2. The Bertz CT molecular complexity index is 1190. The number of ether oxygens (including phenoxy) is 1. The smallest absolute Gasteiger partial charge is 0.260 e. The first-order valence-corrected chi connectivity index (χ1v) is 11.0. The minimum absolute atomic E-state index is 0.255. The summed E-state index contributed by atoms with van der Waals surface area (Å²) in [5.74, 6) is -1.07. The third-order valence-corrected chi connectivity index (χ3v) is 6.07. The maximum Gasteiger partial charge on any atom is 0.260 e. The van der Waals surface area contributed by atoms with Gasteiger partial charge in [-0.25, -0.2) is 4.39 Å². The van der Waals surface area contributed by atoms with Gasteiger partial charge < -0.3 is 9.30 Å². The predicted octanol–water partition coefficient (Wildman–Crippen LogP) is 5.14. The summed E-state index contributed by atoms with van der Waals surface area (Å²) >= 11 is 1.31. The molecule has 0 N–H and O–H groups in total. The van der Waals surface area contributed by atoms with Crippen molar-refractivity contribution in [2.24, 2.45) is 4.99 Å². The third kappa shape index (κ3) is 4.81. The average molecular weight is 435 g/mol. The highest BCUT2D eigenvalue weighted by Gasteiger charge is 2.22. The summed E-state index contributed by atoms with van der Waals surface area (Å²) in [5.41, 5.74) is 2.61. The van der Waals surface area contributed by atoms with Gasteiger partial charge in [0.2, 0.25) is 0 Å². The molecule has 0 bridgehead atoms. The molecule has 1 heterocycles. The van der Waals surface area contributed by atoms with Crippen LogP contribution in [0.1, 0.15) is 24.0 Å². The SMILES string of the molecule is CCOCCn1c(=NC(=O)C(c2ccccc2)c2ccccc2)sc2cc(F)ccc21. The Morgan fingerprint density at radius 1 is 1.03 bits per heavy atom. The maximum absolute atomic E-state index is 13.8. The van der Waals surface area contributed by atoms with Crippen molar-refractivity contribution in [3.63, 3.8) is 0 Å². The normalized spacial score (nSPS) is 12.0. The van der Waals surface area contributed by atoms with Gasteiger partial charge in [-0.3, -0.25) is 4.79 Å². The van der Waals surface area contributed by atoms with E-state index in [9.17, 15) is 9.18 Å². The van der Waals surface area contributed by atoms with E-state index in [1.807, 2.05) is 72.2 Å². The molecule has 1 aromatic heterocycles. The molecule has 0 aliphatic carbocycles. The van der Waals surface area contributed by atoms with Gasteiger partial charge in [-0.05, 0) is 36.2 Å². The lowest BCUT2D eigenvalue weighted by Gasteiger charge is -2.14. The second-order valence-electron chi connectivity index (χ2n) is 7.05. The molecule has 0 unspecified atom stereocenters. The lowest BCUT2D eigenvalue weighted by Crippen LogP contribution is -2.22. The molecule has 4 rings (SSSR count). The molecular formula is C25H23FN2O2S. The van der Waals surface area contributed by atoms with E-state index in [2.05, 4.69) is 4.99 Å². The minimum atomic E-state index is -0.510. The summed E-state index contributed by atoms with van der Waals surface area (Å²) in [6, 6.07) is 23.9. The van der Waals surface area contributed by atoms with Gasteiger partial charge in [0.05, 0.1) is 22.7 Å². The van der Waals surface area contributed by atoms with Crippen LogP contribution in [0.3, 0.4) is 0 Å². The molecule has 0 saturated heterocycles. The van der Waals surface area contributed by atoms with Crippen LogP contribution in [0.5, 0.6) is 0 Å². The number of hydrogen-bond acceptors (Lipinski definition) is 3. The van der Waals surface area contributed by atoms with Gasteiger partial charge in [-0.2, -0.15) is 4.99 Å². The Morgan fingerprint density at radius 2 is 1.68 bits per heavy atom. The molecule has 3 aromatic carbocycles. The van der Waals surface area contributed by atoms with Gasteiger partial charge in [-0.15, -0.1) is 0 Å². The van der Waals surface area contributed by atoms with Crippen LogP contribution in [-0.4, -0.2) is 23.7 Å². The van der Waals surface area contributed by atoms with Crippen LogP contribution >= 0.6 is 11.3 Å². The highest BCUT2D eigenvalue weighted by molar-refractivity contribution is 7.16. The van der Waals surface area contributed by atoms with Gasteiger partial charge in [0.15, 0.2) is 4.80 Å². The van der Waals surface area contributed by atoms with Crippen molar-refractivity contribution in [2.75, 3.05) is 13.2 Å².